The summed E-state index contributed by atoms with van der Waals surface area (Å²) in [6.07, 6.45) is -6.01. The van der Waals surface area contributed by atoms with Crippen molar-refractivity contribution in [2.45, 2.75) is 12.3 Å². The van der Waals surface area contributed by atoms with Gasteiger partial charge in [-0.1, -0.05) is 12.1 Å². The van der Waals surface area contributed by atoms with Crippen LogP contribution in [0.1, 0.15) is 17.2 Å². The number of carbonyl (C=O) groups is 1. The number of halogens is 3. The molecule has 1 aromatic rings. The molecule has 0 unspecified atom stereocenters. The summed E-state index contributed by atoms with van der Waals surface area (Å²) in [5.41, 5.74) is 3.97. The molecule has 0 spiro atoms. The van der Waals surface area contributed by atoms with Crippen LogP contribution in [0.25, 0.3) is 0 Å². The Morgan fingerprint density at radius 2 is 1.73 bits per heavy atom. The lowest BCUT2D eigenvalue weighted by Crippen LogP contribution is -2.20. The van der Waals surface area contributed by atoms with Crippen molar-refractivity contribution in [1.82, 2.24) is 0 Å². The average Bonchev–Trinajstić information content (AvgIpc) is 2.15. The highest BCUT2D eigenvalue weighted by Gasteiger charge is 2.30. The highest BCUT2D eigenvalue weighted by Crippen LogP contribution is 2.29. The molecule has 0 saturated heterocycles. The SMILES string of the molecule is NC(=O)[C@H](O)c1ccc(C(F)(F)F)cc1. The van der Waals surface area contributed by atoms with Crippen molar-refractivity contribution in [2.24, 2.45) is 5.73 Å². The maximum atomic E-state index is 12.1. The zero-order chi connectivity index (χ0) is 11.6. The van der Waals surface area contributed by atoms with E-state index in [4.69, 9.17) is 10.8 Å². The lowest BCUT2D eigenvalue weighted by atomic mass is 10.1. The van der Waals surface area contributed by atoms with Crippen LogP contribution >= 0.6 is 0 Å². The van der Waals surface area contributed by atoms with Gasteiger partial charge in [0.1, 0.15) is 0 Å². The fraction of sp³-hybridized carbons (Fsp3) is 0.222. The molecule has 0 fully saturated rings. The van der Waals surface area contributed by atoms with Gasteiger partial charge in [0.2, 0.25) is 0 Å². The molecule has 0 aliphatic heterocycles. The molecule has 0 bridgehead atoms. The van der Waals surface area contributed by atoms with Gasteiger partial charge in [-0.15, -0.1) is 0 Å². The number of amides is 1. The fourth-order valence-electron chi connectivity index (χ4n) is 1.02. The summed E-state index contributed by atoms with van der Waals surface area (Å²) >= 11 is 0. The maximum absolute atomic E-state index is 12.1. The predicted molar refractivity (Wildman–Crippen MR) is 45.6 cm³/mol. The summed E-state index contributed by atoms with van der Waals surface area (Å²) in [6.45, 7) is 0. The molecule has 0 saturated carbocycles. The number of rotatable bonds is 2. The molecule has 0 aliphatic rings. The van der Waals surface area contributed by atoms with E-state index in [1.807, 2.05) is 0 Å². The van der Waals surface area contributed by atoms with Gasteiger partial charge in [0.05, 0.1) is 5.56 Å². The molecule has 1 atom stereocenters. The van der Waals surface area contributed by atoms with Crippen molar-refractivity contribution >= 4 is 5.91 Å². The topological polar surface area (TPSA) is 63.3 Å². The Morgan fingerprint density at radius 1 is 1.27 bits per heavy atom. The zero-order valence-corrected chi connectivity index (χ0v) is 7.45. The Kier molecular flexibility index (Phi) is 2.99. The third kappa shape index (κ3) is 2.69. The Morgan fingerprint density at radius 3 is 2.07 bits per heavy atom. The Balaban J connectivity index is 2.95. The minimum absolute atomic E-state index is 0.0375. The van der Waals surface area contributed by atoms with E-state index >= 15 is 0 Å². The van der Waals surface area contributed by atoms with Crippen molar-refractivity contribution in [1.29, 1.82) is 0 Å². The molecular formula is C9H8F3NO2. The quantitative estimate of drug-likeness (QED) is 0.785. The van der Waals surface area contributed by atoms with Crippen LogP contribution in [0.15, 0.2) is 24.3 Å². The number of benzene rings is 1. The number of aliphatic hydroxyl groups is 1. The molecule has 3 N–H and O–H groups in total. The van der Waals surface area contributed by atoms with Gasteiger partial charge in [0, 0.05) is 0 Å². The predicted octanol–water partition coefficient (Wildman–Crippen LogP) is 1.22. The van der Waals surface area contributed by atoms with Gasteiger partial charge >= 0.3 is 6.18 Å². The van der Waals surface area contributed by atoms with Gasteiger partial charge in [-0.3, -0.25) is 4.79 Å². The number of aliphatic hydroxyl groups excluding tert-OH is 1. The van der Waals surface area contributed by atoms with Crippen molar-refractivity contribution in [3.63, 3.8) is 0 Å². The molecule has 0 radical (unpaired) electrons. The molecule has 0 aromatic heterocycles. The molecule has 1 amide bonds. The van der Waals surface area contributed by atoms with E-state index in [1.54, 1.807) is 0 Å². The minimum atomic E-state index is -4.43. The summed E-state index contributed by atoms with van der Waals surface area (Å²) in [4.78, 5) is 10.5. The lowest BCUT2D eigenvalue weighted by Gasteiger charge is -2.09. The van der Waals surface area contributed by atoms with E-state index in [-0.39, 0.29) is 5.56 Å². The normalized spacial score (nSPS) is 13.6. The number of carbonyl (C=O) groups excluding carboxylic acids is 1. The first kappa shape index (κ1) is 11.5. The first-order valence-electron chi connectivity index (χ1n) is 3.97. The van der Waals surface area contributed by atoms with Crippen molar-refractivity contribution in [2.75, 3.05) is 0 Å². The number of nitrogens with two attached hydrogens (primary N) is 1. The fourth-order valence-corrected chi connectivity index (χ4v) is 1.02. The summed E-state index contributed by atoms with van der Waals surface area (Å²) in [7, 11) is 0. The Hall–Kier alpha value is -1.56. The van der Waals surface area contributed by atoms with E-state index in [9.17, 15) is 18.0 Å². The van der Waals surface area contributed by atoms with E-state index in [0.29, 0.717) is 0 Å². The number of hydrogen-bond donors (Lipinski definition) is 2. The minimum Gasteiger partial charge on any atom is -0.378 e. The highest BCUT2D eigenvalue weighted by molar-refractivity contribution is 5.80. The van der Waals surface area contributed by atoms with Crippen LogP contribution in [0.2, 0.25) is 0 Å². The largest absolute Gasteiger partial charge is 0.416 e. The second kappa shape index (κ2) is 3.90. The molecular weight excluding hydrogens is 211 g/mol. The van der Waals surface area contributed by atoms with Gasteiger partial charge in [-0.25, -0.2) is 0 Å². The van der Waals surface area contributed by atoms with Crippen LogP contribution in [0, 0.1) is 0 Å². The molecule has 3 nitrogen and oxygen atoms in total. The first-order chi connectivity index (χ1) is 6.82. The summed E-state index contributed by atoms with van der Waals surface area (Å²) in [6, 6.07) is 3.58. The monoisotopic (exact) mass is 219 g/mol. The number of hydrogen-bond acceptors (Lipinski definition) is 2. The van der Waals surface area contributed by atoms with Gasteiger partial charge in [0.15, 0.2) is 6.10 Å². The number of alkyl halides is 3. The van der Waals surface area contributed by atoms with E-state index in [0.717, 1.165) is 24.3 Å². The zero-order valence-electron chi connectivity index (χ0n) is 7.45. The Labute approximate surface area is 83.3 Å². The average molecular weight is 219 g/mol. The van der Waals surface area contributed by atoms with Gasteiger partial charge in [-0.2, -0.15) is 13.2 Å². The van der Waals surface area contributed by atoms with Crippen LogP contribution in [0.3, 0.4) is 0 Å². The molecule has 1 rings (SSSR count). The maximum Gasteiger partial charge on any atom is 0.416 e. The third-order valence-electron chi connectivity index (χ3n) is 1.82. The summed E-state index contributed by atoms with van der Waals surface area (Å²) in [5, 5.41) is 9.14. The lowest BCUT2D eigenvalue weighted by molar-refractivity contribution is -0.137. The molecule has 82 valence electrons. The highest BCUT2D eigenvalue weighted by atomic mass is 19.4. The first-order valence-corrected chi connectivity index (χ1v) is 3.97. The summed E-state index contributed by atoms with van der Waals surface area (Å²) in [5.74, 6) is -1.00. The standard InChI is InChI=1S/C9H8F3NO2/c10-9(11,12)6-3-1-5(2-4-6)7(14)8(13)15/h1-4,7,14H,(H2,13,15)/t7-/m1/s1. The van der Waals surface area contributed by atoms with Gasteiger partial charge in [-0.05, 0) is 17.7 Å². The van der Waals surface area contributed by atoms with E-state index in [1.165, 1.54) is 0 Å². The van der Waals surface area contributed by atoms with Gasteiger partial charge < -0.3 is 10.8 Å². The molecule has 1 aromatic carbocycles. The van der Waals surface area contributed by atoms with Crippen LogP contribution < -0.4 is 5.73 Å². The molecule has 6 heteroatoms. The molecule has 0 heterocycles. The molecule has 15 heavy (non-hydrogen) atoms. The second-order valence-electron chi connectivity index (χ2n) is 2.92. The van der Waals surface area contributed by atoms with Crippen molar-refractivity contribution < 1.29 is 23.1 Å². The van der Waals surface area contributed by atoms with Crippen molar-refractivity contribution in [3.8, 4) is 0 Å². The van der Waals surface area contributed by atoms with Crippen molar-refractivity contribution in [3.05, 3.63) is 35.4 Å². The number of primary amides is 1. The Bertz CT molecular complexity index is 359. The third-order valence-corrected chi connectivity index (χ3v) is 1.82. The second-order valence-corrected chi connectivity index (χ2v) is 2.92. The summed E-state index contributed by atoms with van der Waals surface area (Å²) < 4.78 is 36.4. The van der Waals surface area contributed by atoms with Crippen LogP contribution in [0.5, 0.6) is 0 Å². The van der Waals surface area contributed by atoms with E-state index in [2.05, 4.69) is 0 Å². The van der Waals surface area contributed by atoms with E-state index < -0.39 is 23.8 Å². The van der Waals surface area contributed by atoms with Gasteiger partial charge in [0.25, 0.3) is 5.91 Å². The molecule has 0 aliphatic carbocycles. The smallest absolute Gasteiger partial charge is 0.378 e. The van der Waals surface area contributed by atoms with Crippen LogP contribution in [0.4, 0.5) is 13.2 Å². The van der Waals surface area contributed by atoms with Crippen LogP contribution in [-0.4, -0.2) is 11.0 Å². The van der Waals surface area contributed by atoms with Crippen LogP contribution in [-0.2, 0) is 11.0 Å².